The second-order valence-corrected chi connectivity index (χ2v) is 7.40. The summed E-state index contributed by atoms with van der Waals surface area (Å²) in [5.41, 5.74) is 4.01. The van der Waals surface area contributed by atoms with Crippen LogP contribution in [0.4, 0.5) is 0 Å². The van der Waals surface area contributed by atoms with E-state index in [9.17, 15) is 9.90 Å². The molecular formula is C23H15ClN4O3. The highest BCUT2D eigenvalue weighted by molar-refractivity contribution is 6.34. The van der Waals surface area contributed by atoms with Crippen molar-refractivity contribution in [1.29, 1.82) is 0 Å². The lowest BCUT2D eigenvalue weighted by atomic mass is 10.1. The molecule has 5 aromatic rings. The van der Waals surface area contributed by atoms with E-state index in [4.69, 9.17) is 16.3 Å². The first-order valence-corrected chi connectivity index (χ1v) is 9.79. The summed E-state index contributed by atoms with van der Waals surface area (Å²) in [6, 6.07) is 16.4. The zero-order valence-corrected chi connectivity index (χ0v) is 17.0. The largest absolute Gasteiger partial charge is 0.478 e. The summed E-state index contributed by atoms with van der Waals surface area (Å²) in [6.45, 7) is 1.73. The molecule has 0 aliphatic rings. The molecule has 0 amide bonds. The van der Waals surface area contributed by atoms with Crippen LogP contribution in [0.1, 0.15) is 15.9 Å². The van der Waals surface area contributed by atoms with Crippen molar-refractivity contribution in [2.24, 2.45) is 0 Å². The minimum atomic E-state index is -1.02. The van der Waals surface area contributed by atoms with Crippen molar-refractivity contribution >= 4 is 39.6 Å². The van der Waals surface area contributed by atoms with Crippen LogP contribution >= 0.6 is 11.6 Å². The first kappa shape index (κ1) is 19.0. The molecule has 8 heteroatoms. The Balaban J connectivity index is 1.56. The van der Waals surface area contributed by atoms with Crippen LogP contribution in [0.25, 0.3) is 33.3 Å². The number of H-pyrrole nitrogens is 1. The molecule has 0 aliphatic carbocycles. The maximum atomic E-state index is 11.4. The maximum absolute atomic E-state index is 11.4. The van der Waals surface area contributed by atoms with Crippen LogP contribution in [0.15, 0.2) is 60.8 Å². The highest BCUT2D eigenvalue weighted by Gasteiger charge is 2.15. The quantitative estimate of drug-likeness (QED) is 0.383. The number of imidazole rings is 1. The zero-order chi connectivity index (χ0) is 21.5. The summed E-state index contributed by atoms with van der Waals surface area (Å²) in [5, 5.41) is 10.7. The molecule has 0 saturated heterocycles. The van der Waals surface area contributed by atoms with Crippen LogP contribution in [0, 0.1) is 6.92 Å². The smallest absolute Gasteiger partial charge is 0.336 e. The van der Waals surface area contributed by atoms with Crippen molar-refractivity contribution in [2.75, 3.05) is 0 Å². The lowest BCUT2D eigenvalue weighted by Crippen LogP contribution is -2.00. The number of rotatable bonds is 4. The highest BCUT2D eigenvalue weighted by atomic mass is 35.5. The summed E-state index contributed by atoms with van der Waals surface area (Å²) in [6.07, 6.45) is 1.73. The Labute approximate surface area is 181 Å². The van der Waals surface area contributed by atoms with Crippen molar-refractivity contribution in [3.63, 3.8) is 0 Å². The van der Waals surface area contributed by atoms with E-state index in [0.29, 0.717) is 33.2 Å². The molecule has 0 fully saturated rings. The number of aromatic carboxylic acids is 1. The van der Waals surface area contributed by atoms with Crippen molar-refractivity contribution < 1.29 is 14.6 Å². The Bertz CT molecular complexity index is 1470. The van der Waals surface area contributed by atoms with E-state index in [1.165, 1.54) is 6.07 Å². The van der Waals surface area contributed by atoms with E-state index >= 15 is 0 Å². The lowest BCUT2D eigenvalue weighted by molar-refractivity contribution is 0.0695. The molecular weight excluding hydrogens is 416 g/mol. The van der Waals surface area contributed by atoms with Crippen LogP contribution in [0.2, 0.25) is 5.02 Å². The molecule has 0 unspecified atom stereocenters. The Hall–Kier alpha value is -3.97. The number of carbonyl (C=O) groups is 1. The van der Waals surface area contributed by atoms with Crippen molar-refractivity contribution in [3.8, 4) is 23.0 Å². The third kappa shape index (κ3) is 3.45. The van der Waals surface area contributed by atoms with Gasteiger partial charge >= 0.3 is 12.0 Å². The van der Waals surface area contributed by atoms with Gasteiger partial charge in [0.2, 0.25) is 0 Å². The van der Waals surface area contributed by atoms with Crippen LogP contribution in [0.3, 0.4) is 0 Å². The van der Waals surface area contributed by atoms with Gasteiger partial charge < -0.3 is 14.8 Å². The molecule has 0 saturated carbocycles. The van der Waals surface area contributed by atoms with Crippen LogP contribution in [0.5, 0.6) is 11.8 Å². The van der Waals surface area contributed by atoms with E-state index in [-0.39, 0.29) is 11.6 Å². The average molecular weight is 431 g/mol. The second kappa shape index (κ2) is 7.37. The molecule has 0 bridgehead atoms. The van der Waals surface area contributed by atoms with Gasteiger partial charge in [-0.05, 0) is 36.8 Å². The number of hydrogen-bond donors (Lipinski definition) is 2. The minimum absolute atomic E-state index is 0.167. The number of halogens is 1. The summed E-state index contributed by atoms with van der Waals surface area (Å²) in [7, 11) is 0. The molecule has 7 nitrogen and oxygen atoms in total. The lowest BCUT2D eigenvalue weighted by Gasteiger charge is -2.06. The number of pyridine rings is 2. The molecule has 0 radical (unpaired) electrons. The van der Waals surface area contributed by atoms with Gasteiger partial charge in [0.1, 0.15) is 5.75 Å². The van der Waals surface area contributed by atoms with Crippen LogP contribution in [-0.4, -0.2) is 31.0 Å². The minimum Gasteiger partial charge on any atom is -0.478 e. The number of nitrogens with one attached hydrogen (secondary N) is 1. The highest BCUT2D eigenvalue weighted by Crippen LogP contribution is 2.33. The fourth-order valence-corrected chi connectivity index (χ4v) is 3.69. The van der Waals surface area contributed by atoms with E-state index < -0.39 is 5.97 Å². The molecule has 2 N–H and O–H groups in total. The molecule has 31 heavy (non-hydrogen) atoms. The molecule has 0 spiro atoms. The molecule has 3 heterocycles. The predicted octanol–water partition coefficient (Wildman–Crippen LogP) is 5.63. The SMILES string of the molecule is Cc1ccc(Oc2nc3nc(-c4cccc5cccnc45)c(Cl)cc3[nH]2)cc1C(=O)O. The van der Waals surface area contributed by atoms with Crippen molar-refractivity contribution in [2.45, 2.75) is 6.92 Å². The predicted molar refractivity (Wildman–Crippen MR) is 118 cm³/mol. The molecule has 2 aromatic carbocycles. The van der Waals surface area contributed by atoms with Gasteiger partial charge in [-0.1, -0.05) is 41.9 Å². The number of benzene rings is 2. The standard InChI is InChI=1S/C23H15ClN4O3/c1-12-7-8-14(10-16(12)22(29)30)31-23-26-18-11-17(24)20(27-21(18)28-23)15-6-2-4-13-5-3-9-25-19(13)15/h2-11H,1H3,(H,29,30)(H,26,27,28). The number of ether oxygens (including phenoxy) is 1. The molecule has 0 aliphatic heterocycles. The number of para-hydroxylation sites is 1. The van der Waals surface area contributed by atoms with Gasteiger partial charge in [0, 0.05) is 17.1 Å². The normalized spacial score (nSPS) is 11.2. The first-order chi connectivity index (χ1) is 15.0. The van der Waals surface area contributed by atoms with Gasteiger partial charge in [-0.25, -0.2) is 9.78 Å². The van der Waals surface area contributed by atoms with E-state index in [2.05, 4.69) is 19.9 Å². The number of carboxylic acids is 1. The number of aryl methyl sites for hydroxylation is 1. The zero-order valence-electron chi connectivity index (χ0n) is 16.3. The fraction of sp³-hybridized carbons (Fsp3) is 0.0435. The van der Waals surface area contributed by atoms with Gasteiger partial charge in [0.25, 0.3) is 0 Å². The summed E-state index contributed by atoms with van der Waals surface area (Å²) in [4.78, 5) is 27.9. The van der Waals surface area contributed by atoms with Gasteiger partial charge in [-0.15, -0.1) is 0 Å². The monoisotopic (exact) mass is 430 g/mol. The van der Waals surface area contributed by atoms with Crippen LogP contribution < -0.4 is 4.74 Å². The number of carboxylic acid groups (broad SMARTS) is 1. The van der Waals surface area contributed by atoms with Crippen molar-refractivity contribution in [1.82, 2.24) is 19.9 Å². The summed E-state index contributed by atoms with van der Waals surface area (Å²) < 4.78 is 5.74. The average Bonchev–Trinajstić information content (AvgIpc) is 3.15. The number of hydrogen-bond acceptors (Lipinski definition) is 5. The molecule has 152 valence electrons. The number of aromatic amines is 1. The van der Waals surface area contributed by atoms with Crippen LogP contribution in [-0.2, 0) is 0 Å². The summed E-state index contributed by atoms with van der Waals surface area (Å²) in [5.74, 6) is -0.666. The third-order valence-electron chi connectivity index (χ3n) is 4.95. The van der Waals surface area contributed by atoms with Gasteiger partial charge in [-0.3, -0.25) is 4.98 Å². The first-order valence-electron chi connectivity index (χ1n) is 9.42. The third-order valence-corrected chi connectivity index (χ3v) is 5.23. The van der Waals surface area contributed by atoms with Gasteiger partial charge in [0.15, 0.2) is 5.65 Å². The Morgan fingerprint density at radius 3 is 2.77 bits per heavy atom. The fourth-order valence-electron chi connectivity index (χ4n) is 3.43. The maximum Gasteiger partial charge on any atom is 0.336 e. The molecule has 0 atom stereocenters. The van der Waals surface area contributed by atoms with Crippen molar-refractivity contribution in [3.05, 3.63) is 76.9 Å². The number of fused-ring (bicyclic) bond motifs is 2. The number of nitrogens with zero attached hydrogens (tertiary/aromatic N) is 3. The topological polar surface area (TPSA) is 101 Å². The number of aromatic nitrogens is 4. The molecule has 3 aromatic heterocycles. The second-order valence-electron chi connectivity index (χ2n) is 7.00. The van der Waals surface area contributed by atoms with E-state index in [1.54, 1.807) is 31.3 Å². The Morgan fingerprint density at radius 2 is 1.94 bits per heavy atom. The summed E-state index contributed by atoms with van der Waals surface area (Å²) >= 11 is 6.54. The van der Waals surface area contributed by atoms with E-state index in [0.717, 1.165) is 16.5 Å². The van der Waals surface area contributed by atoms with E-state index in [1.807, 2.05) is 30.3 Å². The molecule has 5 rings (SSSR count). The van der Waals surface area contributed by atoms with Gasteiger partial charge in [-0.2, -0.15) is 4.98 Å². The van der Waals surface area contributed by atoms with Gasteiger partial charge in [0.05, 0.1) is 27.3 Å². The Morgan fingerprint density at radius 1 is 1.10 bits per heavy atom. The Kier molecular flexibility index (Phi) is 4.52.